The molecule has 2 aromatic rings. The van der Waals surface area contributed by atoms with E-state index in [2.05, 4.69) is 21.2 Å². The van der Waals surface area contributed by atoms with Gasteiger partial charge in [0.15, 0.2) is 0 Å². The Morgan fingerprint density at radius 1 is 1.21 bits per heavy atom. The molecule has 8 heteroatoms. The van der Waals surface area contributed by atoms with Crippen LogP contribution in [0.15, 0.2) is 64.0 Å². The molecule has 148 valence electrons. The van der Waals surface area contributed by atoms with E-state index in [-0.39, 0.29) is 5.75 Å². The van der Waals surface area contributed by atoms with E-state index in [9.17, 15) is 14.7 Å². The number of carbonyl (C=O) groups is 2. The van der Waals surface area contributed by atoms with Gasteiger partial charge in [-0.1, -0.05) is 28.9 Å². The van der Waals surface area contributed by atoms with Crippen molar-refractivity contribution in [3.8, 4) is 5.75 Å². The summed E-state index contributed by atoms with van der Waals surface area (Å²) in [6.45, 7) is 1.70. The van der Waals surface area contributed by atoms with E-state index in [1.54, 1.807) is 43.0 Å². The predicted octanol–water partition coefficient (Wildman–Crippen LogP) is 5.44. The van der Waals surface area contributed by atoms with Crippen molar-refractivity contribution in [2.75, 3.05) is 11.6 Å². The van der Waals surface area contributed by atoms with Crippen molar-refractivity contribution in [1.82, 2.24) is 0 Å². The Balaban J connectivity index is 2.23. The lowest BCUT2D eigenvalue weighted by atomic mass is 9.96. The third-order valence-electron chi connectivity index (χ3n) is 3.89. The number of nitrogens with one attached hydrogen (secondary N) is 1. The van der Waals surface area contributed by atoms with Gasteiger partial charge in [-0.3, -0.25) is 5.32 Å². The zero-order valence-electron chi connectivity index (χ0n) is 15.3. The second-order valence-corrected chi connectivity index (χ2v) is 7.73. The fraction of sp³-hybridized carbons (Fsp3) is 0.200. The number of ether oxygens (including phenoxy) is 1. The molecule has 0 saturated heterocycles. The maximum absolute atomic E-state index is 12.4. The molecule has 0 aliphatic heterocycles. The number of phenolic OH excluding ortho intramolecular Hbond substituents is 1. The Labute approximate surface area is 175 Å². The summed E-state index contributed by atoms with van der Waals surface area (Å²) >= 11 is 4.92. The molecule has 0 radical (unpaired) electrons. The second kappa shape index (κ2) is 10.2. The Morgan fingerprint density at radius 2 is 1.89 bits per heavy atom. The monoisotopic (exact) mass is 465 g/mol. The third kappa shape index (κ3) is 6.31. The van der Waals surface area contributed by atoms with Crippen molar-refractivity contribution in [2.45, 2.75) is 17.9 Å². The number of thioether (sulfide) groups is 1. The molecule has 0 spiro atoms. The summed E-state index contributed by atoms with van der Waals surface area (Å²) in [5, 5.41) is 21.7. The van der Waals surface area contributed by atoms with E-state index in [4.69, 9.17) is 9.84 Å². The molecule has 0 saturated carbocycles. The first-order chi connectivity index (χ1) is 13.3. The maximum Gasteiger partial charge on any atom is 0.412 e. The quantitative estimate of drug-likeness (QED) is 0.371. The molecule has 28 heavy (non-hydrogen) atoms. The van der Waals surface area contributed by atoms with Gasteiger partial charge in [-0.25, -0.2) is 9.59 Å². The topological polar surface area (TPSA) is 95.9 Å². The van der Waals surface area contributed by atoms with Gasteiger partial charge in [0.25, 0.3) is 0 Å². The van der Waals surface area contributed by atoms with E-state index in [1.165, 1.54) is 12.1 Å². The highest BCUT2D eigenvalue weighted by Crippen LogP contribution is 2.35. The number of benzene rings is 2. The number of carboxylic acids is 1. The molecule has 6 nitrogen and oxygen atoms in total. The minimum atomic E-state index is -1.11. The van der Waals surface area contributed by atoms with Crippen LogP contribution < -0.4 is 5.32 Å². The molecule has 0 unspecified atom stereocenters. The molecule has 0 aliphatic rings. The van der Waals surface area contributed by atoms with Crippen molar-refractivity contribution in [2.24, 2.45) is 5.92 Å². The number of aliphatic carboxylic acids is 1. The first kappa shape index (κ1) is 21.8. The Bertz CT molecular complexity index is 869. The largest absolute Gasteiger partial charge is 0.508 e. The highest BCUT2D eigenvalue weighted by molar-refractivity contribution is 9.10. The smallest absolute Gasteiger partial charge is 0.412 e. The van der Waals surface area contributed by atoms with Gasteiger partial charge in [-0.15, -0.1) is 11.8 Å². The van der Waals surface area contributed by atoms with Crippen LogP contribution >= 0.6 is 27.7 Å². The molecule has 2 rings (SSSR count). The lowest BCUT2D eigenvalue weighted by Gasteiger charge is -2.23. The molecular formula is C20H20BrNO5S. The first-order valence-electron chi connectivity index (χ1n) is 8.31. The average molecular weight is 466 g/mol. The van der Waals surface area contributed by atoms with E-state index in [0.29, 0.717) is 15.7 Å². The van der Waals surface area contributed by atoms with E-state index in [1.807, 2.05) is 18.4 Å². The van der Waals surface area contributed by atoms with Crippen molar-refractivity contribution < 1.29 is 24.5 Å². The molecule has 3 N–H and O–H groups in total. The zero-order chi connectivity index (χ0) is 20.7. The van der Waals surface area contributed by atoms with Crippen LogP contribution in [0.5, 0.6) is 5.75 Å². The summed E-state index contributed by atoms with van der Waals surface area (Å²) in [7, 11) is 0. The minimum absolute atomic E-state index is 0.0547. The number of amides is 1. The van der Waals surface area contributed by atoms with Crippen molar-refractivity contribution in [3.05, 3.63) is 64.7 Å². The number of halogens is 1. The standard InChI is InChI=1S/C20H20BrNO5S/c1-12(3-10-18(24)25)19(16-11-13(21)4-9-17(16)23)27-20(26)22-14-5-7-15(28-2)8-6-14/h3-12,19,23H,1-2H3,(H,22,26)(H,24,25)/b10-3+/t12-,19-/m0/s1. The number of phenols is 1. The molecule has 0 heterocycles. The van der Waals surface area contributed by atoms with Crippen molar-refractivity contribution >= 4 is 45.4 Å². The van der Waals surface area contributed by atoms with E-state index >= 15 is 0 Å². The number of rotatable bonds is 7. The second-order valence-electron chi connectivity index (χ2n) is 5.94. The zero-order valence-corrected chi connectivity index (χ0v) is 17.7. The average Bonchev–Trinajstić information content (AvgIpc) is 2.67. The summed E-state index contributed by atoms with van der Waals surface area (Å²) in [5.74, 6) is -1.66. The van der Waals surface area contributed by atoms with Crippen LogP contribution in [0.25, 0.3) is 0 Å². The number of hydrogen-bond donors (Lipinski definition) is 3. The predicted molar refractivity (Wildman–Crippen MR) is 113 cm³/mol. The normalized spacial score (nSPS) is 13.1. The number of carbonyl (C=O) groups excluding carboxylic acids is 1. The van der Waals surface area contributed by atoms with Crippen LogP contribution in [0.1, 0.15) is 18.6 Å². The van der Waals surface area contributed by atoms with Crippen LogP contribution in [-0.4, -0.2) is 28.5 Å². The number of anilines is 1. The number of aromatic hydroxyl groups is 1. The van der Waals surface area contributed by atoms with Gasteiger partial charge in [0.05, 0.1) is 0 Å². The molecule has 2 atom stereocenters. The molecule has 0 aliphatic carbocycles. The van der Waals surface area contributed by atoms with Gasteiger partial charge in [0.2, 0.25) is 0 Å². The van der Waals surface area contributed by atoms with E-state index in [0.717, 1.165) is 11.0 Å². The Kier molecular flexibility index (Phi) is 7.95. The van der Waals surface area contributed by atoms with Crippen LogP contribution in [0.3, 0.4) is 0 Å². The fourth-order valence-corrected chi connectivity index (χ4v) is 3.27. The van der Waals surface area contributed by atoms with Gasteiger partial charge in [-0.05, 0) is 48.7 Å². The number of hydrogen-bond acceptors (Lipinski definition) is 5. The van der Waals surface area contributed by atoms with E-state index < -0.39 is 24.1 Å². The van der Waals surface area contributed by atoms with Crippen LogP contribution in [0, 0.1) is 5.92 Å². The SMILES string of the molecule is CSc1ccc(NC(=O)O[C@H](c2cc(Br)ccc2O)[C@@H](C)/C=C/C(=O)O)cc1. The summed E-state index contributed by atoms with van der Waals surface area (Å²) in [4.78, 5) is 24.3. The molecule has 0 aromatic heterocycles. The Morgan fingerprint density at radius 3 is 2.50 bits per heavy atom. The van der Waals surface area contributed by atoms with Gasteiger partial charge in [0, 0.05) is 32.6 Å². The van der Waals surface area contributed by atoms with Crippen molar-refractivity contribution in [3.63, 3.8) is 0 Å². The Hall–Kier alpha value is -2.45. The van der Waals surface area contributed by atoms with Gasteiger partial charge in [-0.2, -0.15) is 0 Å². The van der Waals surface area contributed by atoms with Crippen LogP contribution in [0.4, 0.5) is 10.5 Å². The number of carboxylic acid groups (broad SMARTS) is 1. The summed E-state index contributed by atoms with van der Waals surface area (Å²) in [6.07, 6.45) is 2.75. The van der Waals surface area contributed by atoms with Crippen LogP contribution in [0.2, 0.25) is 0 Å². The third-order valence-corrected chi connectivity index (χ3v) is 5.12. The first-order valence-corrected chi connectivity index (χ1v) is 10.3. The molecule has 0 fully saturated rings. The highest BCUT2D eigenvalue weighted by Gasteiger charge is 2.25. The van der Waals surface area contributed by atoms with Gasteiger partial charge >= 0.3 is 12.1 Å². The summed E-state index contributed by atoms with van der Waals surface area (Å²) in [5.41, 5.74) is 0.929. The van der Waals surface area contributed by atoms with Crippen LogP contribution in [-0.2, 0) is 9.53 Å². The summed E-state index contributed by atoms with van der Waals surface area (Å²) < 4.78 is 6.24. The maximum atomic E-state index is 12.4. The molecule has 1 amide bonds. The molecular weight excluding hydrogens is 446 g/mol. The lowest BCUT2D eigenvalue weighted by Crippen LogP contribution is -2.21. The lowest BCUT2D eigenvalue weighted by molar-refractivity contribution is -0.131. The summed E-state index contributed by atoms with van der Waals surface area (Å²) in [6, 6.07) is 12.0. The molecule has 2 aromatic carbocycles. The fourth-order valence-electron chi connectivity index (χ4n) is 2.48. The minimum Gasteiger partial charge on any atom is -0.508 e. The highest BCUT2D eigenvalue weighted by atomic mass is 79.9. The van der Waals surface area contributed by atoms with Gasteiger partial charge < -0.3 is 14.9 Å². The molecule has 0 bridgehead atoms. The van der Waals surface area contributed by atoms with Gasteiger partial charge in [0.1, 0.15) is 11.9 Å². The van der Waals surface area contributed by atoms with Crippen molar-refractivity contribution in [1.29, 1.82) is 0 Å².